The standard InChI is InChI=1S/C12H15N3O.C11H13N3O/c1-15(8-10-7-13-9-14-10)11-4-3-5-12(6-11)16-2;1-15-11-4-2-3-9(5-11)13-7-10-6-12-8-14-10/h3-7,9H,8H2,1-2H3,(H,13,14);2-6,8,13H,7H2,1H3,(H,12,14). The van der Waals surface area contributed by atoms with Crippen LogP contribution in [0.15, 0.2) is 73.6 Å². The summed E-state index contributed by atoms with van der Waals surface area (Å²) < 4.78 is 10.3. The van der Waals surface area contributed by atoms with Crippen LogP contribution >= 0.6 is 0 Å². The molecular weight excluding hydrogens is 392 g/mol. The molecule has 0 aliphatic rings. The molecule has 0 radical (unpaired) electrons. The largest absolute Gasteiger partial charge is 0.497 e. The van der Waals surface area contributed by atoms with Crippen molar-refractivity contribution in [2.75, 3.05) is 31.5 Å². The number of H-pyrrole nitrogens is 2. The van der Waals surface area contributed by atoms with Gasteiger partial charge in [0, 0.05) is 42.9 Å². The van der Waals surface area contributed by atoms with Gasteiger partial charge in [-0.15, -0.1) is 0 Å². The molecule has 0 aliphatic carbocycles. The third-order valence-corrected chi connectivity index (χ3v) is 4.56. The Morgan fingerprint density at radius 2 is 1.52 bits per heavy atom. The lowest BCUT2D eigenvalue weighted by Crippen LogP contribution is -2.16. The Kier molecular flexibility index (Phi) is 7.93. The first-order valence-electron chi connectivity index (χ1n) is 9.85. The number of imidazole rings is 2. The zero-order chi connectivity index (χ0) is 21.9. The third-order valence-electron chi connectivity index (χ3n) is 4.56. The Morgan fingerprint density at radius 3 is 2.16 bits per heavy atom. The van der Waals surface area contributed by atoms with Crippen LogP contribution in [0.1, 0.15) is 11.4 Å². The van der Waals surface area contributed by atoms with Gasteiger partial charge >= 0.3 is 0 Å². The second-order valence-corrected chi connectivity index (χ2v) is 6.80. The van der Waals surface area contributed by atoms with Crippen LogP contribution in [0.5, 0.6) is 11.5 Å². The van der Waals surface area contributed by atoms with Gasteiger partial charge in [-0.25, -0.2) is 9.97 Å². The van der Waals surface area contributed by atoms with Crippen molar-refractivity contribution in [1.82, 2.24) is 19.9 Å². The van der Waals surface area contributed by atoms with Gasteiger partial charge in [-0.2, -0.15) is 0 Å². The van der Waals surface area contributed by atoms with Gasteiger partial charge < -0.3 is 29.7 Å². The molecule has 0 bridgehead atoms. The number of nitrogens with one attached hydrogen (secondary N) is 3. The van der Waals surface area contributed by atoms with E-state index in [9.17, 15) is 0 Å². The van der Waals surface area contributed by atoms with Crippen molar-refractivity contribution in [3.05, 3.63) is 85.0 Å². The summed E-state index contributed by atoms with van der Waals surface area (Å²) in [6, 6.07) is 15.8. The van der Waals surface area contributed by atoms with Crippen LogP contribution in [0.25, 0.3) is 0 Å². The summed E-state index contributed by atoms with van der Waals surface area (Å²) >= 11 is 0. The lowest BCUT2D eigenvalue weighted by Gasteiger charge is -2.18. The van der Waals surface area contributed by atoms with E-state index in [-0.39, 0.29) is 0 Å². The van der Waals surface area contributed by atoms with Gasteiger partial charge in [0.2, 0.25) is 0 Å². The molecule has 0 fully saturated rings. The van der Waals surface area contributed by atoms with Gasteiger partial charge in [0.1, 0.15) is 11.5 Å². The molecule has 162 valence electrons. The van der Waals surface area contributed by atoms with E-state index in [4.69, 9.17) is 9.47 Å². The van der Waals surface area contributed by atoms with Crippen LogP contribution in [0.4, 0.5) is 11.4 Å². The number of benzene rings is 2. The molecule has 8 nitrogen and oxygen atoms in total. The zero-order valence-electron chi connectivity index (χ0n) is 18.0. The lowest BCUT2D eigenvalue weighted by atomic mass is 10.2. The predicted octanol–water partition coefficient (Wildman–Crippen LogP) is 4.09. The average molecular weight is 421 g/mol. The van der Waals surface area contributed by atoms with E-state index in [1.807, 2.05) is 55.7 Å². The first-order chi connectivity index (χ1) is 15.2. The van der Waals surface area contributed by atoms with E-state index in [2.05, 4.69) is 36.2 Å². The SMILES string of the molecule is COc1cccc(N(C)Cc2cnc[nH]2)c1.COc1cccc(NCc2cnc[nH]2)c1. The maximum Gasteiger partial charge on any atom is 0.120 e. The fourth-order valence-corrected chi connectivity index (χ4v) is 2.88. The second-order valence-electron chi connectivity index (χ2n) is 6.80. The lowest BCUT2D eigenvalue weighted by molar-refractivity contribution is 0.415. The van der Waals surface area contributed by atoms with Crippen LogP contribution in [0, 0.1) is 0 Å². The highest BCUT2D eigenvalue weighted by molar-refractivity contribution is 5.50. The first kappa shape index (κ1) is 21.8. The van der Waals surface area contributed by atoms with Crippen LogP contribution in [0.2, 0.25) is 0 Å². The maximum absolute atomic E-state index is 5.19. The van der Waals surface area contributed by atoms with Crippen molar-refractivity contribution in [3.8, 4) is 11.5 Å². The van der Waals surface area contributed by atoms with Crippen LogP contribution in [0.3, 0.4) is 0 Å². The Bertz CT molecular complexity index is 1020. The topological polar surface area (TPSA) is 91.1 Å². The number of aromatic nitrogens is 4. The van der Waals surface area contributed by atoms with Crippen LogP contribution in [-0.2, 0) is 13.1 Å². The minimum atomic E-state index is 0.729. The van der Waals surface area contributed by atoms with Gasteiger partial charge in [-0.3, -0.25) is 0 Å². The summed E-state index contributed by atoms with van der Waals surface area (Å²) in [6.07, 6.45) is 6.99. The average Bonchev–Trinajstić information content (AvgIpc) is 3.53. The molecule has 0 saturated heterocycles. The van der Waals surface area contributed by atoms with Crippen LogP contribution in [-0.4, -0.2) is 41.2 Å². The Hall–Kier alpha value is -3.94. The van der Waals surface area contributed by atoms with Crippen molar-refractivity contribution in [2.24, 2.45) is 0 Å². The number of rotatable bonds is 8. The predicted molar refractivity (Wildman–Crippen MR) is 123 cm³/mol. The highest BCUT2D eigenvalue weighted by atomic mass is 16.5. The van der Waals surface area contributed by atoms with E-state index >= 15 is 0 Å². The molecule has 4 aromatic rings. The van der Waals surface area contributed by atoms with E-state index in [0.717, 1.165) is 47.4 Å². The fraction of sp³-hybridized carbons (Fsp3) is 0.217. The number of anilines is 2. The molecule has 0 saturated carbocycles. The molecular formula is C23H28N6O2. The summed E-state index contributed by atoms with van der Waals surface area (Å²) in [5.41, 5.74) is 4.29. The summed E-state index contributed by atoms with van der Waals surface area (Å²) in [7, 11) is 5.37. The molecule has 0 atom stereocenters. The Balaban J connectivity index is 0.000000176. The summed E-state index contributed by atoms with van der Waals surface area (Å²) in [5, 5.41) is 3.27. The first-order valence-corrected chi connectivity index (χ1v) is 9.85. The van der Waals surface area contributed by atoms with E-state index in [0.29, 0.717) is 0 Å². The summed E-state index contributed by atoms with van der Waals surface area (Å²) in [5.74, 6) is 1.72. The number of aromatic amines is 2. The molecule has 0 unspecified atom stereocenters. The van der Waals surface area contributed by atoms with E-state index < -0.39 is 0 Å². The molecule has 0 aliphatic heterocycles. The minimum Gasteiger partial charge on any atom is -0.497 e. The van der Waals surface area contributed by atoms with Gasteiger partial charge in [0.25, 0.3) is 0 Å². The monoisotopic (exact) mass is 420 g/mol. The number of hydrogen-bond donors (Lipinski definition) is 3. The highest BCUT2D eigenvalue weighted by Gasteiger charge is 2.04. The summed E-state index contributed by atoms with van der Waals surface area (Å²) in [4.78, 5) is 16.2. The summed E-state index contributed by atoms with van der Waals surface area (Å²) in [6.45, 7) is 1.53. The quantitative estimate of drug-likeness (QED) is 0.398. The van der Waals surface area contributed by atoms with Crippen molar-refractivity contribution < 1.29 is 9.47 Å². The molecule has 2 aromatic heterocycles. The molecule has 3 N–H and O–H groups in total. The third kappa shape index (κ3) is 6.81. The number of methoxy groups -OCH3 is 2. The van der Waals surface area contributed by atoms with Crippen molar-refractivity contribution in [2.45, 2.75) is 13.1 Å². The van der Waals surface area contributed by atoms with Crippen molar-refractivity contribution >= 4 is 11.4 Å². The van der Waals surface area contributed by atoms with E-state index in [1.54, 1.807) is 33.1 Å². The highest BCUT2D eigenvalue weighted by Crippen LogP contribution is 2.21. The smallest absolute Gasteiger partial charge is 0.120 e. The number of ether oxygens (including phenoxy) is 2. The van der Waals surface area contributed by atoms with E-state index in [1.165, 1.54) is 0 Å². The van der Waals surface area contributed by atoms with Crippen LogP contribution < -0.4 is 19.7 Å². The molecule has 8 heteroatoms. The Labute approximate surface area is 182 Å². The van der Waals surface area contributed by atoms with Gasteiger partial charge in [-0.05, 0) is 24.3 Å². The second kappa shape index (κ2) is 11.3. The fourth-order valence-electron chi connectivity index (χ4n) is 2.88. The minimum absolute atomic E-state index is 0.729. The Morgan fingerprint density at radius 1 is 0.871 bits per heavy atom. The molecule has 0 amide bonds. The number of nitrogens with zero attached hydrogens (tertiary/aromatic N) is 3. The van der Waals surface area contributed by atoms with Crippen molar-refractivity contribution in [3.63, 3.8) is 0 Å². The normalized spacial score (nSPS) is 10.0. The molecule has 2 heterocycles. The number of hydrogen-bond acceptors (Lipinski definition) is 6. The molecule has 2 aromatic carbocycles. The zero-order valence-corrected chi connectivity index (χ0v) is 18.0. The molecule has 31 heavy (non-hydrogen) atoms. The van der Waals surface area contributed by atoms with Crippen molar-refractivity contribution in [1.29, 1.82) is 0 Å². The maximum atomic E-state index is 5.19. The molecule has 0 spiro atoms. The van der Waals surface area contributed by atoms with Gasteiger partial charge in [-0.1, -0.05) is 12.1 Å². The molecule has 4 rings (SSSR count). The van der Waals surface area contributed by atoms with Gasteiger partial charge in [0.05, 0.1) is 51.4 Å². The van der Waals surface area contributed by atoms with Gasteiger partial charge in [0.15, 0.2) is 0 Å².